The highest BCUT2D eigenvalue weighted by atomic mass is 35.5. The van der Waals surface area contributed by atoms with Gasteiger partial charge >= 0.3 is 0 Å². The van der Waals surface area contributed by atoms with E-state index in [1.54, 1.807) is 28.0 Å². The summed E-state index contributed by atoms with van der Waals surface area (Å²) in [6.45, 7) is 8.05. The highest BCUT2D eigenvalue weighted by Gasteiger charge is 2.56. The van der Waals surface area contributed by atoms with Crippen LogP contribution >= 0.6 is 11.6 Å². The van der Waals surface area contributed by atoms with Crippen LogP contribution in [0.2, 0.25) is 5.02 Å². The fraction of sp³-hybridized carbons (Fsp3) is 0.684. The Morgan fingerprint density at radius 1 is 1.02 bits per heavy atom. The molecule has 4 atom stereocenters. The molecule has 1 aromatic rings. The standard InChI is InChI=1S/C38H53ClN4O6/c1-5-10-25(33(47)35(48)40-27-15-16-27)18-30(44)29-20-38(21-32(46)42(22-38)28-14-9-13-26(39)19-28)23-43(29)36(49)34(37(2,3)4)41-31(45)17-24-11-7-6-8-12-24/h9,13-14,19,24-25,27,29,34H,5-8,10-12,15-18,20-23H2,1-4H3,(H,40,48)(H,41,45)/t25-,29+,34-,38-/m1/s1. The second-order valence-electron chi connectivity index (χ2n) is 16.2. The van der Waals surface area contributed by atoms with E-state index < -0.39 is 40.5 Å². The molecule has 2 heterocycles. The van der Waals surface area contributed by atoms with Crippen molar-refractivity contribution in [2.24, 2.45) is 22.7 Å². The molecular formula is C38H53ClN4O6. The first-order valence-electron chi connectivity index (χ1n) is 18.2. The molecule has 10 nitrogen and oxygen atoms in total. The van der Waals surface area contributed by atoms with Gasteiger partial charge in [0, 0.05) is 60.4 Å². The fourth-order valence-corrected chi connectivity index (χ4v) is 8.19. The van der Waals surface area contributed by atoms with Gasteiger partial charge in [0.2, 0.25) is 23.5 Å². The average Bonchev–Trinajstić information content (AvgIpc) is 3.70. The zero-order chi connectivity index (χ0) is 35.5. The second kappa shape index (κ2) is 15.3. The molecule has 0 radical (unpaired) electrons. The van der Waals surface area contributed by atoms with E-state index in [1.807, 2.05) is 33.8 Å². The Labute approximate surface area is 295 Å². The highest BCUT2D eigenvalue weighted by Crippen LogP contribution is 2.46. The Bertz CT molecular complexity index is 1450. The van der Waals surface area contributed by atoms with Gasteiger partial charge in [0.15, 0.2) is 5.78 Å². The molecular weight excluding hydrogens is 644 g/mol. The van der Waals surface area contributed by atoms with Gasteiger partial charge in [0.1, 0.15) is 6.04 Å². The lowest BCUT2D eigenvalue weighted by Gasteiger charge is -2.36. The topological polar surface area (TPSA) is 133 Å². The Morgan fingerprint density at radius 2 is 1.73 bits per heavy atom. The summed E-state index contributed by atoms with van der Waals surface area (Å²) in [6.07, 6.45) is 8.63. The number of amides is 4. The molecule has 2 aliphatic carbocycles. The number of ketones is 2. The number of carbonyl (C=O) groups excluding carboxylic acids is 6. The minimum absolute atomic E-state index is 0.0160. The summed E-state index contributed by atoms with van der Waals surface area (Å²) in [5.41, 5.74) is -0.722. The van der Waals surface area contributed by atoms with Gasteiger partial charge in [-0.1, -0.05) is 71.0 Å². The summed E-state index contributed by atoms with van der Waals surface area (Å²) >= 11 is 6.26. The van der Waals surface area contributed by atoms with Crippen LogP contribution in [0.5, 0.6) is 0 Å². The molecule has 0 aromatic heterocycles. The van der Waals surface area contributed by atoms with Crippen LogP contribution in [-0.2, 0) is 28.8 Å². The van der Waals surface area contributed by atoms with Crippen molar-refractivity contribution >= 4 is 52.5 Å². The van der Waals surface area contributed by atoms with Gasteiger partial charge in [0.25, 0.3) is 5.91 Å². The van der Waals surface area contributed by atoms with Crippen LogP contribution in [-0.4, -0.2) is 71.3 Å². The first-order valence-corrected chi connectivity index (χ1v) is 18.6. The molecule has 0 unspecified atom stereocenters. The first-order chi connectivity index (χ1) is 23.2. The quantitative estimate of drug-likeness (QED) is 0.266. The van der Waals surface area contributed by atoms with Crippen molar-refractivity contribution in [3.8, 4) is 0 Å². The van der Waals surface area contributed by atoms with E-state index in [1.165, 1.54) is 6.42 Å². The smallest absolute Gasteiger partial charge is 0.287 e. The largest absolute Gasteiger partial charge is 0.347 e. The van der Waals surface area contributed by atoms with Crippen molar-refractivity contribution < 1.29 is 28.8 Å². The van der Waals surface area contributed by atoms with Crippen molar-refractivity contribution in [2.75, 3.05) is 18.0 Å². The predicted molar refractivity (Wildman–Crippen MR) is 188 cm³/mol. The average molecular weight is 697 g/mol. The van der Waals surface area contributed by atoms with Crippen molar-refractivity contribution in [2.45, 2.75) is 129 Å². The number of halogens is 1. The number of hydrogen-bond acceptors (Lipinski definition) is 6. The molecule has 2 saturated heterocycles. The van der Waals surface area contributed by atoms with Gasteiger partial charge in [-0.15, -0.1) is 0 Å². The molecule has 4 aliphatic rings. The molecule has 1 aromatic carbocycles. The SMILES string of the molecule is CCC[C@H](CC(=O)[C@@H]1C[C@]2(CC(=O)N(c3cccc(Cl)c3)C2)CN1C(=O)[C@@H](NC(=O)CC1CCCCC1)C(C)(C)C)C(=O)C(=O)NC1CC1. The lowest BCUT2D eigenvalue weighted by atomic mass is 9.82. The third-order valence-corrected chi connectivity index (χ3v) is 11.0. The Kier molecular flexibility index (Phi) is 11.6. The number of anilines is 1. The van der Waals surface area contributed by atoms with E-state index in [0.717, 1.165) is 38.5 Å². The van der Waals surface area contributed by atoms with Gasteiger partial charge in [-0.2, -0.15) is 0 Å². The number of hydrogen-bond donors (Lipinski definition) is 2. The lowest BCUT2D eigenvalue weighted by Crippen LogP contribution is -2.57. The van der Waals surface area contributed by atoms with Crippen LogP contribution in [0.1, 0.15) is 111 Å². The normalized spacial score (nSPS) is 24.2. The maximum absolute atomic E-state index is 14.6. The Morgan fingerprint density at radius 3 is 2.37 bits per heavy atom. The minimum atomic E-state index is -0.904. The van der Waals surface area contributed by atoms with E-state index in [4.69, 9.17) is 11.6 Å². The van der Waals surface area contributed by atoms with Crippen molar-refractivity contribution in [3.63, 3.8) is 0 Å². The fourth-order valence-electron chi connectivity index (χ4n) is 8.00. The van der Waals surface area contributed by atoms with Gasteiger partial charge in [-0.05, 0) is 68.1 Å². The summed E-state index contributed by atoms with van der Waals surface area (Å²) < 4.78 is 0. The number of nitrogens with one attached hydrogen (secondary N) is 2. The summed E-state index contributed by atoms with van der Waals surface area (Å²) in [4.78, 5) is 85.0. The maximum Gasteiger partial charge on any atom is 0.287 e. The molecule has 2 saturated carbocycles. The summed E-state index contributed by atoms with van der Waals surface area (Å²) in [5.74, 6) is -2.71. The predicted octanol–water partition coefficient (Wildman–Crippen LogP) is 5.39. The van der Waals surface area contributed by atoms with Crippen LogP contribution in [0.4, 0.5) is 5.69 Å². The van der Waals surface area contributed by atoms with Gasteiger partial charge in [-0.3, -0.25) is 28.8 Å². The van der Waals surface area contributed by atoms with E-state index >= 15 is 0 Å². The number of carbonyl (C=O) groups is 6. The molecule has 4 fully saturated rings. The van der Waals surface area contributed by atoms with Gasteiger partial charge in [-0.25, -0.2) is 0 Å². The number of nitrogens with zero attached hydrogens (tertiary/aromatic N) is 2. The van der Waals surface area contributed by atoms with Gasteiger partial charge < -0.3 is 20.4 Å². The number of Topliss-reactive ketones (excluding diaryl/α,β-unsaturated/α-hetero) is 2. The zero-order valence-electron chi connectivity index (χ0n) is 29.5. The van der Waals surface area contributed by atoms with Crippen LogP contribution in [0, 0.1) is 22.7 Å². The van der Waals surface area contributed by atoms with Crippen LogP contribution in [0.25, 0.3) is 0 Å². The monoisotopic (exact) mass is 696 g/mol. The molecule has 49 heavy (non-hydrogen) atoms. The number of likely N-dealkylation sites (tertiary alicyclic amines) is 1. The van der Waals surface area contributed by atoms with Crippen molar-refractivity contribution in [3.05, 3.63) is 29.3 Å². The molecule has 0 bridgehead atoms. The zero-order valence-corrected chi connectivity index (χ0v) is 30.3. The maximum atomic E-state index is 14.6. The molecule has 2 N–H and O–H groups in total. The summed E-state index contributed by atoms with van der Waals surface area (Å²) in [6, 6.07) is 5.27. The molecule has 11 heteroatoms. The van der Waals surface area contributed by atoms with Crippen LogP contribution < -0.4 is 15.5 Å². The molecule has 4 amide bonds. The molecule has 5 rings (SSSR count). The summed E-state index contributed by atoms with van der Waals surface area (Å²) in [7, 11) is 0. The molecule has 1 spiro atoms. The second-order valence-corrected chi connectivity index (χ2v) is 16.6. The van der Waals surface area contributed by atoms with E-state index in [9.17, 15) is 28.8 Å². The number of benzene rings is 1. The Hall–Kier alpha value is -3.27. The van der Waals surface area contributed by atoms with Crippen LogP contribution in [0.15, 0.2) is 24.3 Å². The van der Waals surface area contributed by atoms with Gasteiger partial charge in [0.05, 0.1) is 6.04 Å². The third kappa shape index (κ3) is 9.10. The van der Waals surface area contributed by atoms with E-state index in [-0.39, 0.29) is 55.4 Å². The van der Waals surface area contributed by atoms with Crippen molar-refractivity contribution in [1.29, 1.82) is 0 Å². The first kappa shape index (κ1) is 37.0. The minimum Gasteiger partial charge on any atom is -0.347 e. The number of rotatable bonds is 13. The van der Waals surface area contributed by atoms with E-state index in [2.05, 4.69) is 10.6 Å². The molecule has 2 aliphatic heterocycles. The highest BCUT2D eigenvalue weighted by molar-refractivity contribution is 6.37. The summed E-state index contributed by atoms with van der Waals surface area (Å²) in [5, 5.41) is 6.30. The van der Waals surface area contributed by atoms with E-state index in [0.29, 0.717) is 42.4 Å². The lowest BCUT2D eigenvalue weighted by molar-refractivity contribution is -0.145. The molecule has 268 valence electrons. The Balaban J connectivity index is 1.40. The van der Waals surface area contributed by atoms with Crippen LogP contribution in [0.3, 0.4) is 0 Å². The van der Waals surface area contributed by atoms with Crippen molar-refractivity contribution in [1.82, 2.24) is 15.5 Å². The third-order valence-electron chi connectivity index (χ3n) is 10.8.